The summed E-state index contributed by atoms with van der Waals surface area (Å²) in [5, 5.41) is 11.2. The van der Waals surface area contributed by atoms with Crippen molar-refractivity contribution in [2.45, 2.75) is 30.7 Å². The Morgan fingerprint density at radius 2 is 2.14 bits per heavy atom. The first kappa shape index (κ1) is 20.9. The number of carbonyl (C=O) groups is 1. The smallest absolute Gasteiger partial charge is 0.267 e. The number of anilines is 2. The molecule has 1 amide bonds. The van der Waals surface area contributed by atoms with E-state index in [0.717, 1.165) is 16.3 Å². The minimum atomic E-state index is -3.48. The van der Waals surface area contributed by atoms with Crippen LogP contribution in [0.1, 0.15) is 20.3 Å². The first-order chi connectivity index (χ1) is 13.2. The van der Waals surface area contributed by atoms with Crippen LogP contribution in [0.3, 0.4) is 0 Å². The first-order valence-electron chi connectivity index (χ1n) is 8.74. The van der Waals surface area contributed by atoms with Crippen LogP contribution in [0.5, 0.6) is 5.75 Å². The molecule has 0 unspecified atom stereocenters. The molecule has 0 bridgehead atoms. The third-order valence-electron chi connectivity index (χ3n) is 3.87. The Morgan fingerprint density at radius 3 is 2.86 bits per heavy atom. The highest BCUT2D eigenvalue weighted by atomic mass is 32.2. The maximum atomic E-state index is 12.7. The van der Waals surface area contributed by atoms with Crippen LogP contribution in [0.15, 0.2) is 28.6 Å². The van der Waals surface area contributed by atoms with E-state index in [1.54, 1.807) is 36.0 Å². The molecule has 1 aromatic carbocycles. The van der Waals surface area contributed by atoms with Crippen molar-refractivity contribution in [3.05, 3.63) is 24.3 Å². The van der Waals surface area contributed by atoms with Gasteiger partial charge >= 0.3 is 0 Å². The molecule has 1 aliphatic rings. The van der Waals surface area contributed by atoms with Crippen LogP contribution in [-0.4, -0.2) is 49.2 Å². The maximum Gasteiger partial charge on any atom is 0.267 e. The molecule has 1 aromatic heterocycles. The molecule has 0 spiro atoms. The first-order valence-corrected chi connectivity index (χ1v) is 12.4. The molecule has 0 saturated heterocycles. The lowest BCUT2D eigenvalue weighted by molar-refractivity contribution is -0.122. The van der Waals surface area contributed by atoms with E-state index >= 15 is 0 Å². The molecule has 8 nitrogen and oxygen atoms in total. The fourth-order valence-corrected chi connectivity index (χ4v) is 5.28. The number of rotatable bonds is 6. The van der Waals surface area contributed by atoms with E-state index in [2.05, 4.69) is 29.4 Å². The van der Waals surface area contributed by atoms with Gasteiger partial charge in [-0.25, -0.2) is 8.42 Å². The summed E-state index contributed by atoms with van der Waals surface area (Å²) in [6.45, 7) is 4.40. The number of ether oxygens (including phenoxy) is 1. The SMILES string of the molecule is CC(C)CSc1nnc(NC(=O)[C@@H]2CCN(S(C)(=O)=O)c3ccccc3O2)s1. The second-order valence-corrected chi connectivity index (χ2v) is 10.9. The van der Waals surface area contributed by atoms with E-state index in [0.29, 0.717) is 22.5 Å². The summed E-state index contributed by atoms with van der Waals surface area (Å²) in [7, 11) is -3.48. The second-order valence-electron chi connectivity index (χ2n) is 6.77. The molecule has 2 aromatic rings. The number of nitrogens with one attached hydrogen (secondary N) is 1. The van der Waals surface area contributed by atoms with Crippen molar-refractivity contribution < 1.29 is 17.9 Å². The summed E-state index contributed by atoms with van der Waals surface area (Å²) in [6.07, 6.45) is 0.534. The average molecular weight is 443 g/mol. The number of thioether (sulfide) groups is 1. The molecule has 11 heteroatoms. The predicted molar refractivity (Wildman–Crippen MR) is 112 cm³/mol. The summed E-state index contributed by atoms with van der Waals surface area (Å²) >= 11 is 2.91. The number of hydrogen-bond acceptors (Lipinski definition) is 8. The number of aromatic nitrogens is 2. The Morgan fingerprint density at radius 1 is 1.39 bits per heavy atom. The van der Waals surface area contributed by atoms with Gasteiger partial charge in [-0.15, -0.1) is 10.2 Å². The van der Waals surface area contributed by atoms with Crippen LogP contribution in [0.4, 0.5) is 10.8 Å². The van der Waals surface area contributed by atoms with Crippen LogP contribution in [-0.2, 0) is 14.8 Å². The zero-order valence-electron chi connectivity index (χ0n) is 15.8. The van der Waals surface area contributed by atoms with Crippen molar-refractivity contribution in [3.8, 4) is 5.75 Å². The predicted octanol–water partition coefficient (Wildman–Crippen LogP) is 2.84. The zero-order valence-corrected chi connectivity index (χ0v) is 18.2. The number of amides is 1. The van der Waals surface area contributed by atoms with Gasteiger partial charge in [0.2, 0.25) is 15.2 Å². The third-order valence-corrected chi connectivity index (χ3v) is 7.45. The minimum Gasteiger partial charge on any atom is -0.478 e. The number of hydrogen-bond donors (Lipinski definition) is 1. The number of carbonyl (C=O) groups excluding carboxylic acids is 1. The van der Waals surface area contributed by atoms with E-state index in [9.17, 15) is 13.2 Å². The standard InChI is InChI=1S/C17H22N4O4S3/c1-11(2)10-26-17-20-19-16(27-17)18-15(22)14-8-9-21(28(3,23)24)12-6-4-5-7-13(12)25-14/h4-7,11,14H,8-10H2,1-3H3,(H,18,19,22)/t14-/m0/s1. The number of nitrogens with zero attached hydrogens (tertiary/aromatic N) is 3. The summed E-state index contributed by atoms with van der Waals surface area (Å²) in [4.78, 5) is 12.7. The topological polar surface area (TPSA) is 101 Å². The van der Waals surface area contributed by atoms with Crippen molar-refractivity contribution >= 4 is 49.8 Å². The van der Waals surface area contributed by atoms with Gasteiger partial charge in [0.05, 0.1) is 11.9 Å². The van der Waals surface area contributed by atoms with Crippen molar-refractivity contribution in [2.24, 2.45) is 5.92 Å². The fourth-order valence-electron chi connectivity index (χ4n) is 2.60. The van der Waals surface area contributed by atoms with E-state index in [4.69, 9.17) is 4.74 Å². The Labute approximate surface area is 172 Å². The number of sulfonamides is 1. The van der Waals surface area contributed by atoms with Gasteiger partial charge in [-0.2, -0.15) is 0 Å². The monoisotopic (exact) mass is 442 g/mol. The lowest BCUT2D eigenvalue weighted by Crippen LogP contribution is -2.35. The molecule has 0 radical (unpaired) electrons. The van der Waals surface area contributed by atoms with Crippen molar-refractivity contribution in [1.82, 2.24) is 10.2 Å². The lowest BCUT2D eigenvalue weighted by atomic mass is 10.2. The highest BCUT2D eigenvalue weighted by Gasteiger charge is 2.31. The molecule has 1 atom stereocenters. The third kappa shape index (κ3) is 5.15. The molecular formula is C17H22N4O4S3. The van der Waals surface area contributed by atoms with Crippen molar-refractivity contribution in [3.63, 3.8) is 0 Å². The Balaban J connectivity index is 1.72. The van der Waals surface area contributed by atoms with Gasteiger partial charge in [0.1, 0.15) is 5.75 Å². The second kappa shape index (κ2) is 8.66. The van der Waals surface area contributed by atoms with Gasteiger partial charge in [-0.05, 0) is 18.1 Å². The summed E-state index contributed by atoms with van der Waals surface area (Å²) in [5.41, 5.74) is 0.434. The highest BCUT2D eigenvalue weighted by molar-refractivity contribution is 8.01. The molecule has 3 rings (SSSR count). The van der Waals surface area contributed by atoms with Crippen molar-refractivity contribution in [1.29, 1.82) is 0 Å². The van der Waals surface area contributed by atoms with Gasteiger partial charge < -0.3 is 4.74 Å². The number of para-hydroxylation sites is 2. The van der Waals surface area contributed by atoms with Crippen LogP contribution in [0.25, 0.3) is 0 Å². The maximum absolute atomic E-state index is 12.7. The van der Waals surface area contributed by atoms with Crippen LogP contribution >= 0.6 is 23.1 Å². The molecular weight excluding hydrogens is 420 g/mol. The quantitative estimate of drug-likeness (QED) is 0.542. The summed E-state index contributed by atoms with van der Waals surface area (Å²) in [6, 6.07) is 6.80. The Kier molecular flexibility index (Phi) is 6.46. The minimum absolute atomic E-state index is 0.152. The normalized spacial score (nSPS) is 17.0. The fraction of sp³-hybridized carbons (Fsp3) is 0.471. The number of fused-ring (bicyclic) bond motifs is 1. The Hall–Kier alpha value is -1.85. The van der Waals surface area contributed by atoms with Gasteiger partial charge in [0, 0.05) is 18.7 Å². The van der Waals surface area contributed by atoms with Gasteiger partial charge in [-0.3, -0.25) is 14.4 Å². The average Bonchev–Trinajstić information content (AvgIpc) is 2.95. The largest absolute Gasteiger partial charge is 0.478 e. The molecule has 2 heterocycles. The van der Waals surface area contributed by atoms with E-state index < -0.39 is 16.1 Å². The van der Waals surface area contributed by atoms with Gasteiger partial charge in [0.25, 0.3) is 5.91 Å². The molecule has 28 heavy (non-hydrogen) atoms. The number of benzene rings is 1. The molecule has 0 fully saturated rings. The van der Waals surface area contributed by atoms with Crippen molar-refractivity contribution in [2.75, 3.05) is 28.2 Å². The summed E-state index contributed by atoms with van der Waals surface area (Å²) < 4.78 is 32.2. The van der Waals surface area contributed by atoms with E-state index in [-0.39, 0.29) is 18.9 Å². The zero-order chi connectivity index (χ0) is 20.3. The Bertz CT molecular complexity index is 945. The molecule has 152 valence electrons. The molecule has 1 aliphatic heterocycles. The molecule has 0 aliphatic carbocycles. The van der Waals surface area contributed by atoms with Gasteiger partial charge in [0.15, 0.2) is 10.4 Å². The molecule has 1 N–H and O–H groups in total. The van der Waals surface area contributed by atoms with E-state index in [1.165, 1.54) is 15.6 Å². The van der Waals surface area contributed by atoms with Gasteiger partial charge in [-0.1, -0.05) is 49.1 Å². The van der Waals surface area contributed by atoms with Crippen LogP contribution in [0, 0.1) is 5.92 Å². The highest BCUT2D eigenvalue weighted by Crippen LogP contribution is 2.34. The summed E-state index contributed by atoms with van der Waals surface area (Å²) in [5.74, 6) is 1.44. The van der Waals surface area contributed by atoms with Crippen LogP contribution < -0.4 is 14.4 Å². The molecule has 0 saturated carbocycles. The van der Waals surface area contributed by atoms with E-state index in [1.807, 2.05) is 0 Å². The van der Waals surface area contributed by atoms with Crippen LogP contribution in [0.2, 0.25) is 0 Å². The lowest BCUT2D eigenvalue weighted by Gasteiger charge is -2.20.